The van der Waals surface area contributed by atoms with Gasteiger partial charge in [0.05, 0.1) is 17.1 Å². The van der Waals surface area contributed by atoms with Gasteiger partial charge in [-0.15, -0.1) is 21.1 Å². The second-order valence-corrected chi connectivity index (χ2v) is 12.4. The van der Waals surface area contributed by atoms with Crippen LogP contribution < -0.4 is 9.05 Å². The SMILES string of the molecule is O=[P+](O)Oc1ccc(-c2ccnc3c2ccc2c(-c4ccc(O[P+](=O)O)cc4)ccnc23)cc1.OC(CC(O)C(F)(F)F)c1cccs1.[Eu]. The quantitative estimate of drug-likeness (QED) is 0.0824. The molecule has 0 bridgehead atoms. The Morgan fingerprint density at radius 2 is 1.16 bits per heavy atom. The molecule has 4 atom stereocenters. The largest absolute Gasteiger partial charge is 0.747 e. The van der Waals surface area contributed by atoms with Crippen molar-refractivity contribution in [2.45, 2.75) is 24.8 Å². The van der Waals surface area contributed by atoms with E-state index in [0.29, 0.717) is 16.4 Å². The van der Waals surface area contributed by atoms with Gasteiger partial charge in [0.2, 0.25) is 0 Å². The fraction of sp³-hybridized carbons (Fsp3) is 0.125. The maximum absolute atomic E-state index is 11.9. The number of nitrogens with zero attached hydrogens (tertiary/aromatic N) is 2. The average molecular weight is 869 g/mol. The Morgan fingerprint density at radius 3 is 1.53 bits per heavy atom. The second-order valence-electron chi connectivity index (χ2n) is 10.1. The number of aliphatic hydroxyl groups is 2. The Balaban J connectivity index is 0.000000305. The Kier molecular flexibility index (Phi) is 13.9. The van der Waals surface area contributed by atoms with Gasteiger partial charge < -0.3 is 10.2 Å². The van der Waals surface area contributed by atoms with Gasteiger partial charge >= 0.3 is 22.7 Å². The monoisotopic (exact) mass is 869 g/mol. The molecule has 0 fully saturated rings. The summed E-state index contributed by atoms with van der Waals surface area (Å²) >= 11 is 1.16. The number of rotatable bonds is 9. The van der Waals surface area contributed by atoms with E-state index in [4.69, 9.17) is 23.9 Å². The third kappa shape index (κ3) is 10.1. The first-order valence-electron chi connectivity index (χ1n) is 13.9. The van der Waals surface area contributed by atoms with E-state index < -0.39 is 41.3 Å². The molecule has 0 aliphatic heterocycles. The average Bonchev–Trinajstić information content (AvgIpc) is 3.60. The summed E-state index contributed by atoms with van der Waals surface area (Å²) < 4.78 is 67.1. The summed E-state index contributed by atoms with van der Waals surface area (Å²) in [5.41, 5.74) is 5.18. The Bertz CT molecular complexity index is 1940. The number of pyridine rings is 2. The molecule has 6 aromatic rings. The molecule has 3 aromatic heterocycles. The molecular formula is C32H25EuF3N2O8P2S+2. The van der Waals surface area contributed by atoms with Gasteiger partial charge in [-0.1, -0.05) is 42.5 Å². The predicted octanol–water partition coefficient (Wildman–Crippen LogP) is 8.27. The van der Waals surface area contributed by atoms with Crippen molar-refractivity contribution in [1.29, 1.82) is 0 Å². The molecule has 10 nitrogen and oxygen atoms in total. The number of alkyl halides is 3. The number of aliphatic hydroxyl groups excluding tert-OH is 2. The second kappa shape index (κ2) is 17.4. The minimum absolute atomic E-state index is 0. The molecule has 0 saturated heterocycles. The molecule has 3 heterocycles. The number of hydrogen-bond acceptors (Lipinski definition) is 9. The van der Waals surface area contributed by atoms with Crippen molar-refractivity contribution in [1.82, 2.24) is 9.97 Å². The standard InChI is InChI=1S/C24H14N2O6P2.C8H9F3O2S.Eu/c27-33(28)31-17-5-1-15(2-6-17)19-11-13-25-23-21(19)9-10-22-20(12-14-26-24(22)23)16-3-7-18(8-4-16)32-34(29)30;9-8(10,11)7(13)4-5(12)6-2-1-3-14-6;/h1-14H;1-3,5,7,12-13H,4H2;/p+2. The van der Waals surface area contributed by atoms with Crippen LogP contribution in [0.5, 0.6) is 11.5 Å². The van der Waals surface area contributed by atoms with Gasteiger partial charge in [-0.2, -0.15) is 13.2 Å². The zero-order valence-electron chi connectivity index (χ0n) is 24.8. The molecule has 4 N–H and O–H groups in total. The van der Waals surface area contributed by atoms with Crippen molar-refractivity contribution < 1.29 is 101 Å². The van der Waals surface area contributed by atoms with Crippen molar-refractivity contribution in [2.24, 2.45) is 0 Å². The van der Waals surface area contributed by atoms with Crippen LogP contribution in [0.15, 0.2) is 103 Å². The van der Waals surface area contributed by atoms with E-state index >= 15 is 0 Å². The Labute approximate surface area is 323 Å². The third-order valence-electron chi connectivity index (χ3n) is 7.01. The summed E-state index contributed by atoms with van der Waals surface area (Å²) in [7, 11) is -5.43. The van der Waals surface area contributed by atoms with Crippen LogP contribution in [0.4, 0.5) is 13.2 Å². The van der Waals surface area contributed by atoms with Crippen LogP contribution in [0.2, 0.25) is 0 Å². The van der Waals surface area contributed by atoms with E-state index in [9.17, 15) is 27.4 Å². The van der Waals surface area contributed by atoms with E-state index in [-0.39, 0.29) is 49.4 Å². The van der Waals surface area contributed by atoms with Gasteiger partial charge in [-0.3, -0.25) is 9.97 Å². The molecular weight excluding hydrogens is 843 g/mol. The summed E-state index contributed by atoms with van der Waals surface area (Å²) in [5, 5.41) is 21.4. The molecule has 49 heavy (non-hydrogen) atoms. The summed E-state index contributed by atoms with van der Waals surface area (Å²) in [5.74, 6) is 0.620. The van der Waals surface area contributed by atoms with Crippen LogP contribution in [-0.2, 0) is 9.13 Å². The minimum Gasteiger partial charge on any atom is -0.387 e. The summed E-state index contributed by atoms with van der Waals surface area (Å²) in [6.45, 7) is 0. The Hall–Kier alpha value is -2.81. The summed E-state index contributed by atoms with van der Waals surface area (Å²) in [6.07, 6.45) is -5.67. The van der Waals surface area contributed by atoms with Crippen molar-refractivity contribution >= 4 is 49.7 Å². The van der Waals surface area contributed by atoms with Gasteiger partial charge in [0, 0.05) is 93.0 Å². The number of benzene rings is 3. The van der Waals surface area contributed by atoms with Crippen LogP contribution in [0.1, 0.15) is 17.4 Å². The number of halogens is 3. The number of thiophene rings is 1. The van der Waals surface area contributed by atoms with Crippen LogP contribution in [0.3, 0.4) is 0 Å². The summed E-state index contributed by atoms with van der Waals surface area (Å²) in [6, 6.07) is 24.8. The van der Waals surface area contributed by atoms with E-state index in [2.05, 4.69) is 9.97 Å². The van der Waals surface area contributed by atoms with Gasteiger partial charge in [0.1, 0.15) is 0 Å². The molecule has 6 rings (SSSR count). The molecule has 4 unspecified atom stereocenters. The van der Waals surface area contributed by atoms with E-state index in [0.717, 1.165) is 55.4 Å². The first-order chi connectivity index (χ1) is 22.9. The van der Waals surface area contributed by atoms with Crippen molar-refractivity contribution in [3.05, 3.63) is 108 Å². The molecule has 0 aliphatic carbocycles. The molecule has 0 spiro atoms. The van der Waals surface area contributed by atoms with Crippen LogP contribution in [0.25, 0.3) is 44.1 Å². The number of aromatic nitrogens is 2. The van der Waals surface area contributed by atoms with Crippen LogP contribution in [-0.4, -0.2) is 42.2 Å². The van der Waals surface area contributed by atoms with Crippen LogP contribution >= 0.6 is 27.8 Å². The normalized spacial score (nSPS) is 13.0. The van der Waals surface area contributed by atoms with Gasteiger partial charge in [-0.05, 0) is 70.1 Å². The summed E-state index contributed by atoms with van der Waals surface area (Å²) in [4.78, 5) is 27.5. The van der Waals surface area contributed by atoms with Crippen LogP contribution in [0, 0.1) is 49.4 Å². The molecule has 17 heteroatoms. The predicted molar refractivity (Wildman–Crippen MR) is 175 cm³/mol. The minimum atomic E-state index is -4.67. The van der Waals surface area contributed by atoms with Crippen molar-refractivity contribution in [3.63, 3.8) is 0 Å². The molecule has 0 amide bonds. The molecule has 1 radical (unpaired) electrons. The van der Waals surface area contributed by atoms with E-state index in [1.807, 2.05) is 48.5 Å². The first kappa shape index (κ1) is 39.0. The fourth-order valence-corrected chi connectivity index (χ4v) is 6.17. The zero-order chi connectivity index (χ0) is 34.4. The maximum Gasteiger partial charge on any atom is 0.747 e. The van der Waals surface area contributed by atoms with Gasteiger partial charge in [0.15, 0.2) is 17.6 Å². The van der Waals surface area contributed by atoms with Gasteiger partial charge in [-0.25, -0.2) is 9.05 Å². The Morgan fingerprint density at radius 1 is 0.714 bits per heavy atom. The first-order valence-corrected chi connectivity index (χ1v) is 17.1. The maximum atomic E-state index is 11.9. The third-order valence-corrected chi connectivity index (χ3v) is 8.72. The van der Waals surface area contributed by atoms with E-state index in [1.54, 1.807) is 48.1 Å². The smallest absolute Gasteiger partial charge is 0.387 e. The van der Waals surface area contributed by atoms with Crippen molar-refractivity contribution in [2.75, 3.05) is 0 Å². The van der Waals surface area contributed by atoms with Crippen molar-refractivity contribution in [3.8, 4) is 33.8 Å². The number of fused-ring (bicyclic) bond motifs is 3. The molecule has 3 aromatic carbocycles. The topological polar surface area (TPSA) is 159 Å². The molecule has 253 valence electrons. The molecule has 0 aliphatic rings. The molecule has 0 saturated carbocycles. The van der Waals surface area contributed by atoms with E-state index in [1.165, 1.54) is 6.07 Å². The number of hydrogen-bond donors (Lipinski definition) is 4. The fourth-order valence-electron chi connectivity index (χ4n) is 4.84. The zero-order valence-corrected chi connectivity index (χ0v) is 29.8. The van der Waals surface area contributed by atoms with Gasteiger partial charge in [0.25, 0.3) is 0 Å².